The molecule has 0 spiro atoms. The van der Waals surface area contributed by atoms with Gasteiger partial charge in [0, 0.05) is 6.07 Å². The second-order valence-corrected chi connectivity index (χ2v) is 1.88. The second kappa shape index (κ2) is 2.88. The van der Waals surface area contributed by atoms with Crippen molar-refractivity contribution in [1.82, 2.24) is 4.98 Å². The molecule has 11 heavy (non-hydrogen) atoms. The van der Waals surface area contributed by atoms with Gasteiger partial charge in [-0.25, -0.2) is 0 Å². The molecule has 0 aromatic carbocycles. The molecule has 1 aromatic heterocycles. The molecule has 4 heteroatoms. The number of nitrogens with one attached hydrogen (secondary N) is 1. The number of hydrogen-bond acceptors (Lipinski definition) is 3. The summed E-state index contributed by atoms with van der Waals surface area (Å²) in [4.78, 5) is 13.0. The van der Waals surface area contributed by atoms with Crippen molar-refractivity contribution in [3.05, 3.63) is 28.2 Å². The Bertz CT molecular complexity index is 348. The van der Waals surface area contributed by atoms with E-state index in [0.29, 0.717) is 5.75 Å². The summed E-state index contributed by atoms with van der Waals surface area (Å²) in [7, 11) is 1.44. The highest BCUT2D eigenvalue weighted by Crippen LogP contribution is 2.10. The number of aromatic nitrogens is 1. The molecular formula is C7H6N2O2. The maximum atomic E-state index is 10.7. The molecule has 1 aromatic rings. The van der Waals surface area contributed by atoms with Crippen LogP contribution in [0.2, 0.25) is 0 Å². The lowest BCUT2D eigenvalue weighted by Crippen LogP contribution is -2.06. The van der Waals surface area contributed by atoms with Crippen LogP contribution >= 0.6 is 0 Å². The van der Waals surface area contributed by atoms with Gasteiger partial charge in [0.15, 0.2) is 11.4 Å². The van der Waals surface area contributed by atoms with Crippen LogP contribution < -0.4 is 10.3 Å². The fourth-order valence-electron chi connectivity index (χ4n) is 0.714. The summed E-state index contributed by atoms with van der Waals surface area (Å²) < 4.78 is 4.80. The van der Waals surface area contributed by atoms with Crippen molar-refractivity contribution in [2.45, 2.75) is 0 Å². The van der Waals surface area contributed by atoms with Crippen LogP contribution in [0.3, 0.4) is 0 Å². The summed E-state index contributed by atoms with van der Waals surface area (Å²) in [6.07, 6.45) is 0. The number of rotatable bonds is 1. The van der Waals surface area contributed by atoms with Crippen molar-refractivity contribution in [3.8, 4) is 11.8 Å². The van der Waals surface area contributed by atoms with Crippen molar-refractivity contribution >= 4 is 0 Å². The molecule has 0 fully saturated rings. The summed E-state index contributed by atoms with van der Waals surface area (Å²) in [5, 5.41) is 8.47. The first kappa shape index (κ1) is 7.35. The highest BCUT2D eigenvalue weighted by Gasteiger charge is 2.00. The SMILES string of the molecule is COc1ccc(=O)[nH]c1C#N. The predicted octanol–water partition coefficient (Wildman–Crippen LogP) is 0.255. The average Bonchev–Trinajstić information content (AvgIpc) is 2.04. The topological polar surface area (TPSA) is 65.9 Å². The molecule has 0 atom stereocenters. The summed E-state index contributed by atoms with van der Waals surface area (Å²) in [5.74, 6) is 0.382. The van der Waals surface area contributed by atoms with E-state index in [1.165, 1.54) is 19.2 Å². The minimum absolute atomic E-state index is 0.153. The monoisotopic (exact) mass is 150 g/mol. The first-order chi connectivity index (χ1) is 5.27. The van der Waals surface area contributed by atoms with Gasteiger partial charge >= 0.3 is 0 Å². The summed E-state index contributed by atoms with van der Waals surface area (Å²) >= 11 is 0. The second-order valence-electron chi connectivity index (χ2n) is 1.88. The van der Waals surface area contributed by atoms with Crippen LogP contribution in [0.1, 0.15) is 5.69 Å². The van der Waals surface area contributed by atoms with Crippen LogP contribution in [0.15, 0.2) is 16.9 Å². The average molecular weight is 150 g/mol. The third-order valence-corrected chi connectivity index (χ3v) is 1.21. The highest BCUT2D eigenvalue weighted by atomic mass is 16.5. The van der Waals surface area contributed by atoms with Crippen LogP contribution in [0.25, 0.3) is 0 Å². The first-order valence-electron chi connectivity index (χ1n) is 2.95. The van der Waals surface area contributed by atoms with Gasteiger partial charge in [0.25, 0.3) is 0 Å². The van der Waals surface area contributed by atoms with E-state index in [1.807, 2.05) is 0 Å². The summed E-state index contributed by atoms with van der Waals surface area (Å²) in [6, 6.07) is 4.57. The molecular weight excluding hydrogens is 144 g/mol. The Kier molecular flexibility index (Phi) is 1.93. The fourth-order valence-corrected chi connectivity index (χ4v) is 0.714. The molecule has 0 unspecified atom stereocenters. The number of aromatic amines is 1. The molecule has 0 aliphatic rings. The van der Waals surface area contributed by atoms with Gasteiger partial charge in [0.1, 0.15) is 6.07 Å². The molecule has 0 radical (unpaired) electrons. The lowest BCUT2D eigenvalue weighted by Gasteiger charge is -1.98. The van der Waals surface area contributed by atoms with Gasteiger partial charge in [0.2, 0.25) is 5.56 Å². The lowest BCUT2D eigenvalue weighted by atomic mass is 10.3. The summed E-state index contributed by atoms with van der Waals surface area (Å²) in [5.41, 5.74) is -0.151. The Labute approximate surface area is 63.0 Å². The molecule has 0 amide bonds. The van der Waals surface area contributed by atoms with E-state index in [-0.39, 0.29) is 11.3 Å². The molecule has 0 aliphatic heterocycles. The third-order valence-electron chi connectivity index (χ3n) is 1.21. The molecule has 0 saturated carbocycles. The zero-order chi connectivity index (χ0) is 8.27. The number of nitrogens with zero attached hydrogens (tertiary/aromatic N) is 1. The van der Waals surface area contributed by atoms with E-state index in [4.69, 9.17) is 10.00 Å². The highest BCUT2D eigenvalue weighted by molar-refractivity contribution is 5.36. The van der Waals surface area contributed by atoms with E-state index in [1.54, 1.807) is 6.07 Å². The Morgan fingerprint density at radius 1 is 1.64 bits per heavy atom. The minimum atomic E-state index is -0.303. The third kappa shape index (κ3) is 1.38. The Hall–Kier alpha value is -1.76. The number of H-pyrrole nitrogens is 1. The molecule has 1 rings (SSSR count). The lowest BCUT2D eigenvalue weighted by molar-refractivity contribution is 0.411. The molecule has 0 aliphatic carbocycles. The van der Waals surface area contributed by atoms with Gasteiger partial charge in [-0.05, 0) is 6.07 Å². The van der Waals surface area contributed by atoms with Crippen molar-refractivity contribution in [1.29, 1.82) is 5.26 Å². The maximum Gasteiger partial charge on any atom is 0.249 e. The molecule has 1 N–H and O–H groups in total. The minimum Gasteiger partial charge on any atom is -0.494 e. The number of ether oxygens (including phenoxy) is 1. The van der Waals surface area contributed by atoms with Gasteiger partial charge in [-0.2, -0.15) is 5.26 Å². The first-order valence-corrected chi connectivity index (χ1v) is 2.95. The van der Waals surface area contributed by atoms with Gasteiger partial charge in [-0.3, -0.25) is 4.79 Å². The maximum absolute atomic E-state index is 10.7. The normalized spacial score (nSPS) is 8.73. The number of methoxy groups -OCH3 is 1. The summed E-state index contributed by atoms with van der Waals surface area (Å²) in [6.45, 7) is 0. The Morgan fingerprint density at radius 3 is 2.91 bits per heavy atom. The van der Waals surface area contributed by atoms with Crippen molar-refractivity contribution in [3.63, 3.8) is 0 Å². The largest absolute Gasteiger partial charge is 0.494 e. The van der Waals surface area contributed by atoms with E-state index < -0.39 is 0 Å². The van der Waals surface area contributed by atoms with Crippen molar-refractivity contribution in [2.75, 3.05) is 7.11 Å². The van der Waals surface area contributed by atoms with Crippen LogP contribution in [0, 0.1) is 11.3 Å². The van der Waals surface area contributed by atoms with Crippen molar-refractivity contribution < 1.29 is 4.74 Å². The zero-order valence-electron chi connectivity index (χ0n) is 5.92. The van der Waals surface area contributed by atoms with E-state index in [0.717, 1.165) is 0 Å². The standard InChI is InChI=1S/C7H6N2O2/c1-11-6-2-3-7(10)9-5(6)4-8/h2-3H,1H3,(H,9,10). The van der Waals surface area contributed by atoms with Crippen LogP contribution in [0.4, 0.5) is 0 Å². The molecule has 0 bridgehead atoms. The van der Waals surface area contributed by atoms with Gasteiger partial charge in [-0.1, -0.05) is 0 Å². The molecule has 0 saturated heterocycles. The quantitative estimate of drug-likeness (QED) is 0.624. The van der Waals surface area contributed by atoms with Crippen LogP contribution in [-0.2, 0) is 0 Å². The van der Waals surface area contributed by atoms with Gasteiger partial charge in [-0.15, -0.1) is 0 Å². The van der Waals surface area contributed by atoms with Crippen molar-refractivity contribution in [2.24, 2.45) is 0 Å². The molecule has 56 valence electrons. The van der Waals surface area contributed by atoms with Gasteiger partial charge in [0.05, 0.1) is 7.11 Å². The van der Waals surface area contributed by atoms with Gasteiger partial charge < -0.3 is 9.72 Å². The Balaban J connectivity index is 3.30. The molecule has 1 heterocycles. The molecule has 4 nitrogen and oxygen atoms in total. The smallest absolute Gasteiger partial charge is 0.249 e. The zero-order valence-corrected chi connectivity index (χ0v) is 5.92. The number of pyridine rings is 1. The van der Waals surface area contributed by atoms with E-state index >= 15 is 0 Å². The fraction of sp³-hybridized carbons (Fsp3) is 0.143. The van der Waals surface area contributed by atoms with E-state index in [2.05, 4.69) is 4.98 Å². The number of hydrogen-bond donors (Lipinski definition) is 1. The van der Waals surface area contributed by atoms with Crippen LogP contribution in [-0.4, -0.2) is 12.1 Å². The predicted molar refractivity (Wildman–Crippen MR) is 38.3 cm³/mol. The Morgan fingerprint density at radius 2 is 2.36 bits per heavy atom. The van der Waals surface area contributed by atoms with E-state index in [9.17, 15) is 4.79 Å². The number of nitriles is 1. The van der Waals surface area contributed by atoms with Crippen LogP contribution in [0.5, 0.6) is 5.75 Å².